The zero-order valence-electron chi connectivity index (χ0n) is 13.6. The minimum atomic E-state index is -0.594. The highest BCUT2D eigenvalue weighted by molar-refractivity contribution is 6.13. The number of rotatable bonds is 3. The van der Waals surface area contributed by atoms with Crippen molar-refractivity contribution in [3.63, 3.8) is 0 Å². The number of phenols is 1. The lowest BCUT2D eigenvalue weighted by molar-refractivity contribution is -0.607. The van der Waals surface area contributed by atoms with E-state index >= 15 is 0 Å². The molecule has 0 atom stereocenters. The maximum Gasteiger partial charge on any atom is 0.288 e. The van der Waals surface area contributed by atoms with Crippen molar-refractivity contribution >= 4 is 5.71 Å². The van der Waals surface area contributed by atoms with Crippen molar-refractivity contribution in [2.24, 2.45) is 5.16 Å². The number of hydrogen-bond donors (Lipinski definition) is 2. The lowest BCUT2D eigenvalue weighted by Crippen LogP contribution is -2.35. The van der Waals surface area contributed by atoms with E-state index in [4.69, 9.17) is 4.84 Å². The first-order valence-corrected chi connectivity index (χ1v) is 7.17. The Balaban J connectivity index is 2.68. The number of nitrogens with zero attached hydrogens (tertiary/aromatic N) is 2. The Kier molecular flexibility index (Phi) is 4.45. The van der Waals surface area contributed by atoms with Crippen molar-refractivity contribution in [2.75, 3.05) is 0 Å². The van der Waals surface area contributed by atoms with E-state index in [1.54, 1.807) is 32.9 Å². The van der Waals surface area contributed by atoms with Gasteiger partial charge in [-0.15, -0.1) is 0 Å². The molecule has 23 heavy (non-hydrogen) atoms. The average Bonchev–Trinajstić information content (AvgIpc) is 2.44. The van der Waals surface area contributed by atoms with Gasteiger partial charge in [-0.2, -0.15) is 4.73 Å². The van der Waals surface area contributed by atoms with Gasteiger partial charge in [0.05, 0.1) is 5.56 Å². The second-order valence-electron chi connectivity index (χ2n) is 6.23. The lowest BCUT2D eigenvalue weighted by atomic mass is 10.0. The highest BCUT2D eigenvalue weighted by Gasteiger charge is 2.26. The van der Waals surface area contributed by atoms with Crippen molar-refractivity contribution in [3.05, 3.63) is 58.6 Å². The van der Waals surface area contributed by atoms with Crippen LogP contribution >= 0.6 is 0 Å². The van der Waals surface area contributed by atoms with Gasteiger partial charge in [-0.3, -0.25) is 0 Å². The van der Waals surface area contributed by atoms with Crippen LogP contribution in [0.5, 0.6) is 11.5 Å². The molecular weight excluding hydrogens is 296 g/mol. The van der Waals surface area contributed by atoms with E-state index in [1.807, 2.05) is 6.92 Å². The molecule has 0 unspecified atom stereocenters. The van der Waals surface area contributed by atoms with Crippen molar-refractivity contribution in [1.29, 1.82) is 0 Å². The molecule has 122 valence electrons. The molecule has 0 radical (unpaired) electrons. The van der Waals surface area contributed by atoms with Gasteiger partial charge in [0, 0.05) is 6.07 Å². The standard InChI is InChI=1S/C17H20N2O4/c1-11-7-8-13(20)12(10-11)15(18-23-17(2,3)4)16-14(21)6-5-9-19(16)22/h5-10,20-21H,1-4H3/b18-15-. The first kappa shape index (κ1) is 16.6. The summed E-state index contributed by atoms with van der Waals surface area (Å²) in [6.07, 6.45) is 1.24. The molecule has 1 aromatic heterocycles. The maximum atomic E-state index is 12.1. The Morgan fingerprint density at radius 3 is 2.48 bits per heavy atom. The van der Waals surface area contributed by atoms with Crippen LogP contribution in [-0.2, 0) is 4.84 Å². The van der Waals surface area contributed by atoms with Crippen molar-refractivity contribution in [2.45, 2.75) is 33.3 Å². The molecule has 0 saturated carbocycles. The van der Waals surface area contributed by atoms with Crippen molar-refractivity contribution < 1.29 is 19.8 Å². The molecule has 0 bridgehead atoms. The molecule has 0 saturated heterocycles. The predicted octanol–water partition coefficient (Wildman–Crippen LogP) is 2.61. The Bertz CT molecular complexity index is 728. The van der Waals surface area contributed by atoms with Crippen molar-refractivity contribution in [3.8, 4) is 11.5 Å². The molecule has 2 rings (SSSR count). The molecule has 0 aliphatic carbocycles. The van der Waals surface area contributed by atoms with Gasteiger partial charge in [0.1, 0.15) is 11.4 Å². The molecular formula is C17H20N2O4. The van der Waals surface area contributed by atoms with E-state index in [0.717, 1.165) is 5.56 Å². The number of aromatic hydroxyl groups is 2. The van der Waals surface area contributed by atoms with Crippen LogP contribution in [0.2, 0.25) is 0 Å². The number of phenolic OH excluding ortho intramolecular Hbond substituents is 1. The minimum Gasteiger partial charge on any atom is -0.618 e. The quantitative estimate of drug-likeness (QED) is 0.394. The van der Waals surface area contributed by atoms with Gasteiger partial charge in [0.15, 0.2) is 17.7 Å². The van der Waals surface area contributed by atoms with Crippen LogP contribution in [-0.4, -0.2) is 21.5 Å². The number of aromatic nitrogens is 1. The van der Waals surface area contributed by atoms with Crippen LogP contribution < -0.4 is 4.73 Å². The summed E-state index contributed by atoms with van der Waals surface area (Å²) in [5.41, 5.74) is 0.560. The predicted molar refractivity (Wildman–Crippen MR) is 86.4 cm³/mol. The van der Waals surface area contributed by atoms with Gasteiger partial charge in [0.2, 0.25) is 0 Å². The molecule has 6 heteroatoms. The molecule has 0 amide bonds. The monoisotopic (exact) mass is 316 g/mol. The average molecular weight is 316 g/mol. The van der Waals surface area contributed by atoms with Gasteiger partial charge in [-0.05, 0) is 45.9 Å². The minimum absolute atomic E-state index is 0.0601. The Morgan fingerprint density at radius 2 is 1.87 bits per heavy atom. The summed E-state index contributed by atoms with van der Waals surface area (Å²) in [4.78, 5) is 5.42. The second kappa shape index (κ2) is 6.16. The molecule has 2 N–H and O–H groups in total. The number of oxime groups is 1. The smallest absolute Gasteiger partial charge is 0.288 e. The fourth-order valence-electron chi connectivity index (χ4n) is 1.95. The Labute approximate surface area is 134 Å². The van der Waals surface area contributed by atoms with Crippen LogP contribution in [0.15, 0.2) is 41.7 Å². The van der Waals surface area contributed by atoms with Crippen LogP contribution in [0.3, 0.4) is 0 Å². The Morgan fingerprint density at radius 1 is 1.17 bits per heavy atom. The molecule has 6 nitrogen and oxygen atoms in total. The molecule has 0 aliphatic rings. The first-order valence-electron chi connectivity index (χ1n) is 7.17. The number of benzene rings is 1. The third-order valence-corrected chi connectivity index (χ3v) is 2.98. The highest BCUT2D eigenvalue weighted by atomic mass is 16.6. The second-order valence-corrected chi connectivity index (χ2v) is 6.23. The summed E-state index contributed by atoms with van der Waals surface area (Å²) < 4.78 is 0.488. The third kappa shape index (κ3) is 3.91. The summed E-state index contributed by atoms with van der Waals surface area (Å²) in [6.45, 7) is 7.27. The summed E-state index contributed by atoms with van der Waals surface area (Å²) >= 11 is 0. The molecule has 1 aromatic carbocycles. The molecule has 0 spiro atoms. The van der Waals surface area contributed by atoms with E-state index in [1.165, 1.54) is 24.4 Å². The molecule has 0 aliphatic heterocycles. The topological polar surface area (TPSA) is 89.0 Å². The normalized spacial score (nSPS) is 12.3. The fraction of sp³-hybridized carbons (Fsp3) is 0.294. The van der Waals surface area contributed by atoms with Crippen LogP contribution in [0.1, 0.15) is 37.6 Å². The van der Waals surface area contributed by atoms with Gasteiger partial charge in [0.25, 0.3) is 5.69 Å². The van der Waals surface area contributed by atoms with E-state index in [0.29, 0.717) is 10.3 Å². The van der Waals surface area contributed by atoms with Crippen molar-refractivity contribution in [1.82, 2.24) is 0 Å². The summed E-state index contributed by atoms with van der Waals surface area (Å²) in [5, 5.41) is 36.4. The summed E-state index contributed by atoms with van der Waals surface area (Å²) in [6, 6.07) is 7.71. The number of aryl methyl sites for hydroxylation is 1. The van der Waals surface area contributed by atoms with Crippen LogP contribution in [0.25, 0.3) is 0 Å². The number of hydrogen-bond acceptors (Lipinski definition) is 5. The number of pyridine rings is 1. The van der Waals surface area contributed by atoms with Gasteiger partial charge >= 0.3 is 0 Å². The van der Waals surface area contributed by atoms with Crippen LogP contribution in [0.4, 0.5) is 0 Å². The van der Waals surface area contributed by atoms with E-state index in [-0.39, 0.29) is 22.9 Å². The van der Waals surface area contributed by atoms with E-state index in [9.17, 15) is 15.4 Å². The fourth-order valence-corrected chi connectivity index (χ4v) is 1.95. The lowest BCUT2D eigenvalue weighted by Gasteiger charge is -2.17. The molecule has 0 fully saturated rings. The van der Waals surface area contributed by atoms with E-state index in [2.05, 4.69) is 5.16 Å². The SMILES string of the molecule is Cc1ccc(O)c(/C(=N/OC(C)(C)C)c2c(O)ccc[n+]2[O-])c1. The summed E-state index contributed by atoms with van der Waals surface area (Å²) in [5.74, 6) is -0.310. The van der Waals surface area contributed by atoms with Gasteiger partial charge < -0.3 is 20.3 Å². The maximum absolute atomic E-state index is 12.1. The van der Waals surface area contributed by atoms with Gasteiger partial charge in [-0.25, -0.2) is 0 Å². The summed E-state index contributed by atoms with van der Waals surface area (Å²) in [7, 11) is 0. The van der Waals surface area contributed by atoms with E-state index < -0.39 is 5.60 Å². The molecule has 1 heterocycles. The highest BCUT2D eigenvalue weighted by Crippen LogP contribution is 2.25. The van der Waals surface area contributed by atoms with Gasteiger partial charge in [-0.1, -0.05) is 16.8 Å². The largest absolute Gasteiger partial charge is 0.618 e. The zero-order valence-corrected chi connectivity index (χ0v) is 13.6. The zero-order chi connectivity index (χ0) is 17.2. The van der Waals surface area contributed by atoms with Crippen LogP contribution in [0, 0.1) is 12.1 Å². The first-order chi connectivity index (χ1) is 10.7. The Hall–Kier alpha value is -2.76. The third-order valence-electron chi connectivity index (χ3n) is 2.98. The molecule has 2 aromatic rings.